The van der Waals surface area contributed by atoms with Crippen molar-refractivity contribution in [1.82, 2.24) is 10.2 Å². The fraction of sp³-hybridized carbons (Fsp3) is 0.333. The molecule has 0 saturated heterocycles. The third-order valence-electron chi connectivity index (χ3n) is 6.19. The minimum atomic E-state index is -4.14. The summed E-state index contributed by atoms with van der Waals surface area (Å²) in [4.78, 5) is 28.4. The van der Waals surface area contributed by atoms with Gasteiger partial charge in [0.15, 0.2) is 0 Å². The molecule has 3 aromatic carbocycles. The number of hydrogen-bond donors (Lipinski definition) is 1. The highest BCUT2D eigenvalue weighted by Crippen LogP contribution is 2.27. The van der Waals surface area contributed by atoms with E-state index in [-0.39, 0.29) is 23.4 Å². The van der Waals surface area contributed by atoms with Crippen molar-refractivity contribution in [2.45, 2.75) is 58.1 Å². The average molecular weight is 631 g/mol. The molecule has 0 heterocycles. The Kier molecular flexibility index (Phi) is 10.8. The quantitative estimate of drug-likeness (QED) is 0.294. The monoisotopic (exact) mass is 629 g/mol. The number of nitrogens with zero attached hydrogens (tertiary/aromatic N) is 2. The van der Waals surface area contributed by atoms with Gasteiger partial charge in [-0.25, -0.2) is 8.42 Å². The van der Waals surface area contributed by atoms with E-state index in [9.17, 15) is 18.0 Å². The number of carbonyl (C=O) groups excluding carboxylic acids is 2. The average Bonchev–Trinajstić information content (AvgIpc) is 2.91. The fourth-order valence-electron chi connectivity index (χ4n) is 4.02. The maximum absolute atomic E-state index is 13.9. The highest BCUT2D eigenvalue weighted by Gasteiger charge is 2.32. The van der Waals surface area contributed by atoms with E-state index < -0.39 is 28.5 Å². The van der Waals surface area contributed by atoms with E-state index in [2.05, 4.69) is 21.2 Å². The SMILES string of the molecule is CCOc1ccc(N(CC(=O)N(Cc2ccc(C)cc2)[C@H](C)C(=O)NC(C)C)S(=O)(=O)c2ccc(Br)cc2)cc1. The first-order valence-corrected chi connectivity index (χ1v) is 15.3. The van der Waals surface area contributed by atoms with Crippen molar-refractivity contribution in [1.29, 1.82) is 0 Å². The molecule has 0 radical (unpaired) electrons. The van der Waals surface area contributed by atoms with Crippen molar-refractivity contribution in [3.05, 3.63) is 88.4 Å². The Morgan fingerprint density at radius 2 is 1.52 bits per heavy atom. The highest BCUT2D eigenvalue weighted by molar-refractivity contribution is 9.10. The topological polar surface area (TPSA) is 96.0 Å². The zero-order chi connectivity index (χ0) is 29.4. The summed E-state index contributed by atoms with van der Waals surface area (Å²) >= 11 is 3.34. The van der Waals surface area contributed by atoms with Gasteiger partial charge in [-0.2, -0.15) is 0 Å². The molecule has 0 aliphatic carbocycles. The molecule has 2 amide bonds. The van der Waals surface area contributed by atoms with E-state index in [0.717, 1.165) is 19.9 Å². The van der Waals surface area contributed by atoms with E-state index in [4.69, 9.17) is 4.74 Å². The first-order valence-electron chi connectivity index (χ1n) is 13.1. The van der Waals surface area contributed by atoms with Crippen LogP contribution in [0.4, 0.5) is 5.69 Å². The van der Waals surface area contributed by atoms with E-state index in [0.29, 0.717) is 18.0 Å². The molecule has 0 aliphatic rings. The van der Waals surface area contributed by atoms with Gasteiger partial charge in [-0.15, -0.1) is 0 Å². The van der Waals surface area contributed by atoms with Crippen LogP contribution in [0.3, 0.4) is 0 Å². The van der Waals surface area contributed by atoms with Crippen molar-refractivity contribution < 1.29 is 22.7 Å². The lowest BCUT2D eigenvalue weighted by Gasteiger charge is -2.32. The van der Waals surface area contributed by atoms with Gasteiger partial charge in [-0.05, 0) is 88.7 Å². The molecule has 40 heavy (non-hydrogen) atoms. The second-order valence-electron chi connectivity index (χ2n) is 9.74. The summed E-state index contributed by atoms with van der Waals surface area (Å²) in [7, 11) is -4.14. The zero-order valence-electron chi connectivity index (χ0n) is 23.4. The number of sulfonamides is 1. The lowest BCUT2D eigenvalue weighted by molar-refractivity contribution is -0.139. The van der Waals surface area contributed by atoms with Crippen molar-refractivity contribution >= 4 is 43.5 Å². The van der Waals surface area contributed by atoms with Gasteiger partial charge in [0, 0.05) is 17.1 Å². The number of amides is 2. The molecule has 0 bridgehead atoms. The van der Waals surface area contributed by atoms with Crippen LogP contribution < -0.4 is 14.4 Å². The molecule has 3 rings (SSSR count). The number of anilines is 1. The summed E-state index contributed by atoms with van der Waals surface area (Å²) in [6.45, 7) is 9.25. The van der Waals surface area contributed by atoms with Crippen LogP contribution in [0.2, 0.25) is 0 Å². The predicted molar refractivity (Wildman–Crippen MR) is 161 cm³/mol. The van der Waals surface area contributed by atoms with Crippen LogP contribution in [-0.2, 0) is 26.2 Å². The molecular formula is C30H36BrN3O5S. The molecule has 0 aliphatic heterocycles. The van der Waals surface area contributed by atoms with E-state index >= 15 is 0 Å². The number of rotatable bonds is 12. The van der Waals surface area contributed by atoms with Gasteiger partial charge >= 0.3 is 0 Å². The Bertz CT molecular complexity index is 1390. The summed E-state index contributed by atoms with van der Waals surface area (Å²) in [6, 6.07) is 19.5. The minimum Gasteiger partial charge on any atom is -0.494 e. The lowest BCUT2D eigenvalue weighted by atomic mass is 10.1. The first-order chi connectivity index (χ1) is 18.9. The molecule has 3 aromatic rings. The van der Waals surface area contributed by atoms with E-state index in [1.165, 1.54) is 17.0 Å². The van der Waals surface area contributed by atoms with Crippen LogP contribution in [0.15, 0.2) is 82.2 Å². The van der Waals surface area contributed by atoms with Crippen LogP contribution >= 0.6 is 15.9 Å². The third-order valence-corrected chi connectivity index (χ3v) is 8.50. The third kappa shape index (κ3) is 8.08. The highest BCUT2D eigenvalue weighted by atomic mass is 79.9. The molecule has 0 spiro atoms. The van der Waals surface area contributed by atoms with Crippen molar-refractivity contribution in [2.24, 2.45) is 0 Å². The first kappa shape index (κ1) is 31.2. The number of nitrogens with one attached hydrogen (secondary N) is 1. The summed E-state index contributed by atoms with van der Waals surface area (Å²) < 4.78 is 35.1. The number of carbonyl (C=O) groups is 2. The van der Waals surface area contributed by atoms with E-state index in [1.54, 1.807) is 43.3 Å². The second-order valence-corrected chi connectivity index (χ2v) is 12.5. The van der Waals surface area contributed by atoms with Crippen molar-refractivity contribution in [2.75, 3.05) is 17.5 Å². The number of hydrogen-bond acceptors (Lipinski definition) is 5. The van der Waals surface area contributed by atoms with Crippen LogP contribution in [0.5, 0.6) is 5.75 Å². The lowest BCUT2D eigenvalue weighted by Crippen LogP contribution is -2.52. The number of aryl methyl sites for hydroxylation is 1. The predicted octanol–water partition coefficient (Wildman–Crippen LogP) is 5.29. The molecule has 0 unspecified atom stereocenters. The molecular weight excluding hydrogens is 594 g/mol. The number of halogens is 1. The molecule has 1 N–H and O–H groups in total. The Balaban J connectivity index is 2.02. The Hall–Kier alpha value is -3.37. The minimum absolute atomic E-state index is 0.0352. The summed E-state index contributed by atoms with van der Waals surface area (Å²) in [6.07, 6.45) is 0. The second kappa shape index (κ2) is 13.8. The molecule has 0 aromatic heterocycles. The van der Waals surface area contributed by atoms with Gasteiger partial charge in [0.05, 0.1) is 17.2 Å². The summed E-state index contributed by atoms with van der Waals surface area (Å²) in [5, 5.41) is 2.85. The number of ether oxygens (including phenoxy) is 1. The Morgan fingerprint density at radius 3 is 2.08 bits per heavy atom. The molecule has 10 heteroatoms. The Morgan fingerprint density at radius 1 is 0.925 bits per heavy atom. The van der Waals surface area contributed by atoms with Crippen molar-refractivity contribution in [3.63, 3.8) is 0 Å². The normalized spacial score (nSPS) is 12.1. The maximum atomic E-state index is 13.9. The largest absolute Gasteiger partial charge is 0.494 e. The number of benzene rings is 3. The Labute approximate surface area is 245 Å². The van der Waals surface area contributed by atoms with Crippen molar-refractivity contribution in [3.8, 4) is 5.75 Å². The van der Waals surface area contributed by atoms with Crippen LogP contribution in [0, 0.1) is 6.92 Å². The maximum Gasteiger partial charge on any atom is 0.264 e. The van der Waals surface area contributed by atoms with Gasteiger partial charge in [0.2, 0.25) is 11.8 Å². The molecule has 214 valence electrons. The smallest absolute Gasteiger partial charge is 0.264 e. The van der Waals surface area contributed by atoms with Gasteiger partial charge < -0.3 is 15.0 Å². The molecule has 8 nitrogen and oxygen atoms in total. The fourth-order valence-corrected chi connectivity index (χ4v) is 5.69. The molecule has 1 atom stereocenters. The molecule has 0 saturated carbocycles. The molecule has 0 fully saturated rings. The van der Waals surface area contributed by atoms with Crippen LogP contribution in [-0.4, -0.2) is 50.4 Å². The van der Waals surface area contributed by atoms with E-state index in [1.807, 2.05) is 52.0 Å². The van der Waals surface area contributed by atoms with Crippen LogP contribution in [0.1, 0.15) is 38.8 Å². The van der Waals surface area contributed by atoms with Gasteiger partial charge in [-0.1, -0.05) is 45.8 Å². The van der Waals surface area contributed by atoms with Gasteiger partial charge in [0.25, 0.3) is 10.0 Å². The summed E-state index contributed by atoms with van der Waals surface area (Å²) in [5.41, 5.74) is 2.19. The summed E-state index contributed by atoms with van der Waals surface area (Å²) in [5.74, 6) is -0.251. The zero-order valence-corrected chi connectivity index (χ0v) is 25.8. The van der Waals surface area contributed by atoms with Gasteiger partial charge in [0.1, 0.15) is 18.3 Å². The standard InChI is InChI=1S/C30H36BrN3O5S/c1-6-39-27-15-13-26(14-16-27)34(40(37,38)28-17-11-25(31)12-18-28)20-29(35)33(23(5)30(36)32-21(2)3)19-24-9-7-22(4)8-10-24/h7-18,21,23H,6,19-20H2,1-5H3,(H,32,36)/t23-/m1/s1. The van der Waals surface area contributed by atoms with Crippen LogP contribution in [0.25, 0.3) is 0 Å². The van der Waals surface area contributed by atoms with Gasteiger partial charge in [-0.3, -0.25) is 13.9 Å².